The second kappa shape index (κ2) is 6.01. The Morgan fingerprint density at radius 1 is 1.30 bits per heavy atom. The van der Waals surface area contributed by atoms with Crippen LogP contribution in [-0.2, 0) is 16.0 Å². The van der Waals surface area contributed by atoms with E-state index in [4.69, 9.17) is 14.3 Å². The number of rotatable bonds is 5. The van der Waals surface area contributed by atoms with Gasteiger partial charge in [-0.05, 0) is 24.6 Å². The van der Waals surface area contributed by atoms with Crippen molar-refractivity contribution in [3.8, 4) is 11.5 Å². The molecule has 0 aliphatic heterocycles. The molecule has 0 bridgehead atoms. The lowest BCUT2D eigenvalue weighted by molar-refractivity contribution is -0.136. The van der Waals surface area contributed by atoms with Crippen LogP contribution in [0.25, 0.3) is 11.5 Å². The van der Waals surface area contributed by atoms with Crippen molar-refractivity contribution < 1.29 is 23.8 Å². The van der Waals surface area contributed by atoms with E-state index in [2.05, 4.69) is 4.98 Å². The molecule has 0 atom stereocenters. The molecule has 1 aromatic carbocycles. The zero-order chi connectivity index (χ0) is 14.5. The highest BCUT2D eigenvalue weighted by atomic mass is 16.5. The molecule has 0 spiro atoms. The van der Waals surface area contributed by atoms with Crippen molar-refractivity contribution in [1.82, 2.24) is 4.98 Å². The van der Waals surface area contributed by atoms with E-state index in [1.807, 2.05) is 0 Å². The number of hydrogen-bond acceptors (Lipinski definition) is 5. The maximum absolute atomic E-state index is 11.5. The molecule has 2 rings (SSSR count). The number of aromatic nitrogens is 1. The predicted octanol–water partition coefficient (Wildman–Crippen LogP) is 2.15. The molecule has 20 heavy (non-hydrogen) atoms. The Hall–Kier alpha value is -2.63. The summed E-state index contributed by atoms with van der Waals surface area (Å²) >= 11 is 0. The summed E-state index contributed by atoms with van der Waals surface area (Å²) in [6.45, 7) is 1.98. The number of esters is 1. The minimum atomic E-state index is -0.890. The first-order valence-corrected chi connectivity index (χ1v) is 6.04. The van der Waals surface area contributed by atoms with Crippen LogP contribution in [0.1, 0.15) is 23.0 Å². The number of aliphatic carboxylic acids is 1. The Kier molecular flexibility index (Phi) is 4.14. The van der Waals surface area contributed by atoms with Gasteiger partial charge in [-0.25, -0.2) is 9.78 Å². The van der Waals surface area contributed by atoms with Crippen LogP contribution in [0.4, 0.5) is 0 Å². The average molecular weight is 275 g/mol. The molecular weight excluding hydrogens is 262 g/mol. The minimum absolute atomic E-state index is 0.0417. The molecule has 104 valence electrons. The number of nitrogens with zero attached hydrogens (tertiary/aromatic N) is 1. The number of carbonyl (C=O) groups is 2. The van der Waals surface area contributed by atoms with Crippen LogP contribution in [0.3, 0.4) is 0 Å². The van der Waals surface area contributed by atoms with E-state index in [1.54, 1.807) is 31.2 Å². The lowest BCUT2D eigenvalue weighted by Crippen LogP contribution is -2.04. The molecule has 0 saturated heterocycles. The number of carbonyl (C=O) groups excluding carboxylic acids is 1. The summed E-state index contributed by atoms with van der Waals surface area (Å²) in [5.41, 5.74) is 1.45. The molecule has 6 heteroatoms. The first-order chi connectivity index (χ1) is 9.60. The minimum Gasteiger partial charge on any atom is -0.481 e. The van der Waals surface area contributed by atoms with E-state index in [0.717, 1.165) is 0 Å². The van der Waals surface area contributed by atoms with Crippen molar-refractivity contribution in [3.63, 3.8) is 0 Å². The van der Waals surface area contributed by atoms with Crippen molar-refractivity contribution in [1.29, 1.82) is 0 Å². The van der Waals surface area contributed by atoms with Crippen molar-refractivity contribution >= 4 is 11.9 Å². The van der Waals surface area contributed by atoms with Gasteiger partial charge in [-0.1, -0.05) is 12.1 Å². The van der Waals surface area contributed by atoms with Gasteiger partial charge < -0.3 is 14.3 Å². The van der Waals surface area contributed by atoms with Gasteiger partial charge in [0.1, 0.15) is 6.26 Å². The van der Waals surface area contributed by atoms with Crippen molar-refractivity contribution in [2.45, 2.75) is 13.3 Å². The fourth-order valence-electron chi connectivity index (χ4n) is 1.64. The van der Waals surface area contributed by atoms with Gasteiger partial charge in [-0.15, -0.1) is 0 Å². The maximum Gasteiger partial charge on any atom is 0.360 e. The van der Waals surface area contributed by atoms with Gasteiger partial charge in [0.25, 0.3) is 0 Å². The maximum atomic E-state index is 11.5. The van der Waals surface area contributed by atoms with E-state index >= 15 is 0 Å². The van der Waals surface area contributed by atoms with Crippen LogP contribution in [0.15, 0.2) is 34.9 Å². The Balaban J connectivity index is 2.15. The summed E-state index contributed by atoms with van der Waals surface area (Å²) in [5.74, 6) is -1.14. The third-order valence-electron chi connectivity index (χ3n) is 2.54. The molecule has 0 saturated carbocycles. The van der Waals surface area contributed by atoms with Crippen molar-refractivity contribution in [2.24, 2.45) is 0 Å². The third-order valence-corrected chi connectivity index (χ3v) is 2.54. The SMILES string of the molecule is CCOC(=O)c1coc(-c2ccc(CC(=O)O)cc2)n1. The number of carboxylic acids is 1. The summed E-state index contributed by atoms with van der Waals surface area (Å²) in [4.78, 5) is 26.1. The molecule has 1 aromatic heterocycles. The second-order valence-corrected chi connectivity index (χ2v) is 4.03. The molecule has 2 aromatic rings. The van der Waals surface area contributed by atoms with E-state index < -0.39 is 11.9 Å². The predicted molar refractivity (Wildman–Crippen MR) is 69.2 cm³/mol. The molecule has 0 aliphatic carbocycles. The molecule has 0 fully saturated rings. The molecular formula is C14H13NO5. The zero-order valence-electron chi connectivity index (χ0n) is 10.8. The molecule has 0 unspecified atom stereocenters. The van der Waals surface area contributed by atoms with Gasteiger partial charge in [0, 0.05) is 5.56 Å². The number of hydrogen-bond donors (Lipinski definition) is 1. The number of benzene rings is 1. The van der Waals surface area contributed by atoms with Crippen molar-refractivity contribution in [2.75, 3.05) is 6.61 Å². The third kappa shape index (κ3) is 3.23. The van der Waals surface area contributed by atoms with Gasteiger partial charge in [0.05, 0.1) is 13.0 Å². The lowest BCUT2D eigenvalue weighted by atomic mass is 10.1. The van der Waals surface area contributed by atoms with Crippen LogP contribution >= 0.6 is 0 Å². The van der Waals surface area contributed by atoms with E-state index in [1.165, 1.54) is 6.26 Å². The highest BCUT2D eigenvalue weighted by Gasteiger charge is 2.14. The normalized spacial score (nSPS) is 10.2. The van der Waals surface area contributed by atoms with Gasteiger partial charge in [-0.2, -0.15) is 0 Å². The van der Waals surface area contributed by atoms with E-state index in [9.17, 15) is 9.59 Å². The van der Waals surface area contributed by atoms with Gasteiger partial charge in [0.2, 0.25) is 5.89 Å². The van der Waals surface area contributed by atoms with E-state index in [0.29, 0.717) is 11.1 Å². The smallest absolute Gasteiger partial charge is 0.360 e. The lowest BCUT2D eigenvalue weighted by Gasteiger charge is -1.99. The van der Waals surface area contributed by atoms with Gasteiger partial charge in [0.15, 0.2) is 5.69 Å². The first-order valence-electron chi connectivity index (χ1n) is 6.04. The molecule has 0 aliphatic rings. The molecule has 1 N–H and O–H groups in total. The molecule has 6 nitrogen and oxygen atoms in total. The average Bonchev–Trinajstić information content (AvgIpc) is 2.89. The summed E-state index contributed by atoms with van der Waals surface area (Å²) in [6, 6.07) is 6.74. The Labute approximate surface area is 115 Å². The summed E-state index contributed by atoms with van der Waals surface area (Å²) < 4.78 is 10.0. The first kappa shape index (κ1) is 13.8. The highest BCUT2D eigenvalue weighted by molar-refractivity contribution is 5.87. The van der Waals surface area contributed by atoms with Crippen LogP contribution in [0.5, 0.6) is 0 Å². The summed E-state index contributed by atoms with van der Waals surface area (Å²) in [5, 5.41) is 8.69. The number of ether oxygens (including phenoxy) is 1. The Morgan fingerprint density at radius 2 is 2.00 bits per heavy atom. The van der Waals surface area contributed by atoms with Gasteiger partial charge in [-0.3, -0.25) is 4.79 Å². The largest absolute Gasteiger partial charge is 0.481 e. The number of oxazole rings is 1. The van der Waals surface area contributed by atoms with E-state index in [-0.39, 0.29) is 24.6 Å². The Bertz CT molecular complexity index is 615. The van der Waals surface area contributed by atoms with Crippen LogP contribution in [0, 0.1) is 0 Å². The van der Waals surface area contributed by atoms with Gasteiger partial charge >= 0.3 is 11.9 Å². The molecule has 0 radical (unpaired) electrons. The van der Waals surface area contributed by atoms with Crippen LogP contribution in [-0.4, -0.2) is 28.6 Å². The van der Waals surface area contributed by atoms with Crippen LogP contribution < -0.4 is 0 Å². The number of carboxylic acid groups (broad SMARTS) is 1. The fourth-order valence-corrected chi connectivity index (χ4v) is 1.64. The molecule has 0 amide bonds. The van der Waals surface area contributed by atoms with Crippen molar-refractivity contribution in [3.05, 3.63) is 41.8 Å². The highest BCUT2D eigenvalue weighted by Crippen LogP contribution is 2.19. The monoisotopic (exact) mass is 275 g/mol. The standard InChI is InChI=1S/C14H13NO5/c1-2-19-14(18)11-8-20-13(15-11)10-5-3-9(4-6-10)7-12(16)17/h3-6,8H,2,7H2,1H3,(H,16,17). The fraction of sp³-hybridized carbons (Fsp3) is 0.214. The van der Waals surface area contributed by atoms with Crippen LogP contribution in [0.2, 0.25) is 0 Å². The quantitative estimate of drug-likeness (QED) is 0.841. The molecule has 1 heterocycles. The topological polar surface area (TPSA) is 89.6 Å². The summed E-state index contributed by atoms with van der Waals surface area (Å²) in [6.07, 6.45) is 1.19. The second-order valence-electron chi connectivity index (χ2n) is 4.03. The zero-order valence-corrected chi connectivity index (χ0v) is 10.8. The Morgan fingerprint density at radius 3 is 2.60 bits per heavy atom. The summed E-state index contributed by atoms with van der Waals surface area (Å²) in [7, 11) is 0.